The first-order valence-corrected chi connectivity index (χ1v) is 7.20. The summed E-state index contributed by atoms with van der Waals surface area (Å²) in [5.74, 6) is -0.232. The summed E-state index contributed by atoms with van der Waals surface area (Å²) in [6.45, 7) is 5.44. The molecule has 0 bridgehead atoms. The molecule has 0 saturated heterocycles. The Balaban J connectivity index is 0.00000289. The van der Waals surface area contributed by atoms with Crippen molar-refractivity contribution in [3.63, 3.8) is 0 Å². The van der Waals surface area contributed by atoms with Crippen molar-refractivity contribution in [3.8, 4) is 0 Å². The normalized spacial score (nSPS) is 10.3. The van der Waals surface area contributed by atoms with Crippen molar-refractivity contribution in [3.05, 3.63) is 42.0 Å². The molecule has 0 aliphatic carbocycles. The van der Waals surface area contributed by atoms with E-state index in [0.29, 0.717) is 12.1 Å². The second-order valence-electron chi connectivity index (χ2n) is 3.56. The molecule has 18 heavy (non-hydrogen) atoms. The van der Waals surface area contributed by atoms with Crippen LogP contribution in [-0.2, 0) is 31.9 Å². The molecule has 0 aromatic heterocycles. The maximum absolute atomic E-state index is 11.2. The molecule has 1 aromatic rings. The average molecular weight is 309 g/mol. The number of benzene rings is 1. The van der Waals surface area contributed by atoms with Crippen LogP contribution < -0.4 is 56.7 Å². The Kier molecular flexibility index (Phi) is 7.99. The quantitative estimate of drug-likeness (QED) is 0.306. The van der Waals surface area contributed by atoms with Gasteiger partial charge in [-0.15, -0.1) is 0 Å². The zero-order valence-corrected chi connectivity index (χ0v) is 15.0. The Morgan fingerprint density at radius 2 is 1.83 bits per heavy atom. The third-order valence-corrected chi connectivity index (χ3v) is 3.48. The van der Waals surface area contributed by atoms with Gasteiger partial charge in [-0.1, -0.05) is 18.7 Å². The predicted octanol–water partition coefficient (Wildman–Crippen LogP) is -1.88. The van der Waals surface area contributed by atoms with E-state index in [9.17, 15) is 13.2 Å². The van der Waals surface area contributed by atoms with Crippen LogP contribution in [0.15, 0.2) is 41.3 Å². The Morgan fingerprint density at radius 3 is 2.22 bits per heavy atom. The number of amides is 1. The third-order valence-electron chi connectivity index (χ3n) is 2.05. The Morgan fingerprint density at radius 1 is 1.33 bits per heavy atom. The standard InChI is InChI=1S/C11H13NO3S2.K/c1-8(2)11(13)12-7-9-3-5-10(6-4-9)17(14,15)16;/h3-6H,1,7H2,2H3,(H,12,13)(H,14,15,16);/q;+1/p-1. The van der Waals surface area contributed by atoms with Crippen LogP contribution in [0.3, 0.4) is 0 Å². The van der Waals surface area contributed by atoms with E-state index in [-0.39, 0.29) is 62.2 Å². The second-order valence-corrected chi connectivity index (χ2v) is 6.26. The van der Waals surface area contributed by atoms with Gasteiger partial charge in [0.05, 0.1) is 8.87 Å². The van der Waals surface area contributed by atoms with Crippen LogP contribution >= 0.6 is 0 Å². The molecule has 4 nitrogen and oxygen atoms in total. The molecule has 0 spiro atoms. The topological polar surface area (TPSA) is 63.2 Å². The summed E-state index contributed by atoms with van der Waals surface area (Å²) in [5, 5.41) is 2.64. The van der Waals surface area contributed by atoms with Gasteiger partial charge in [-0.2, -0.15) is 0 Å². The summed E-state index contributed by atoms with van der Waals surface area (Å²) in [6.07, 6.45) is 0. The van der Waals surface area contributed by atoms with Gasteiger partial charge in [0.1, 0.15) is 0 Å². The van der Waals surface area contributed by atoms with Crippen LogP contribution in [0, 0.1) is 0 Å². The number of hydrogen-bond donors (Lipinski definition) is 1. The third kappa shape index (κ3) is 6.01. The van der Waals surface area contributed by atoms with Gasteiger partial charge in [-0.25, -0.2) is 8.42 Å². The number of carbonyl (C=O) groups excluding carboxylic acids is 1. The second kappa shape index (κ2) is 7.83. The van der Waals surface area contributed by atoms with E-state index in [0.717, 1.165) is 5.56 Å². The van der Waals surface area contributed by atoms with Crippen molar-refractivity contribution in [2.75, 3.05) is 0 Å². The summed E-state index contributed by atoms with van der Waals surface area (Å²) >= 11 is 4.33. The fraction of sp³-hybridized carbons (Fsp3) is 0.182. The molecule has 1 N–H and O–H groups in total. The largest absolute Gasteiger partial charge is 1.00 e. The average Bonchev–Trinajstić information content (AvgIpc) is 2.25. The molecular weight excluding hydrogens is 297 g/mol. The SMILES string of the molecule is C=C(C)C(=O)NCc1ccc(S(=O)(=O)[S-])cc1.[K+]. The molecule has 92 valence electrons. The van der Waals surface area contributed by atoms with Gasteiger partial charge in [0.25, 0.3) is 0 Å². The van der Waals surface area contributed by atoms with Gasteiger partial charge in [0, 0.05) is 17.0 Å². The molecule has 0 heterocycles. The monoisotopic (exact) mass is 309 g/mol. The van der Waals surface area contributed by atoms with Crippen LogP contribution in [0.5, 0.6) is 0 Å². The minimum absolute atomic E-state index is 0. The van der Waals surface area contributed by atoms with Crippen molar-refractivity contribution >= 4 is 26.4 Å². The van der Waals surface area contributed by atoms with E-state index in [1.165, 1.54) is 12.1 Å². The summed E-state index contributed by atoms with van der Waals surface area (Å²) in [7, 11) is -3.58. The van der Waals surface area contributed by atoms with Crippen LogP contribution in [0.1, 0.15) is 12.5 Å². The minimum atomic E-state index is -3.58. The van der Waals surface area contributed by atoms with Gasteiger partial charge in [0.2, 0.25) is 5.91 Å². The molecule has 0 aliphatic heterocycles. The van der Waals surface area contributed by atoms with Gasteiger partial charge >= 0.3 is 51.4 Å². The fourth-order valence-corrected chi connectivity index (χ4v) is 1.91. The van der Waals surface area contributed by atoms with E-state index in [1.54, 1.807) is 19.1 Å². The molecule has 1 amide bonds. The molecule has 1 aromatic carbocycles. The summed E-state index contributed by atoms with van der Waals surface area (Å²) < 4.78 is 22.1. The molecule has 1 rings (SSSR count). The van der Waals surface area contributed by atoms with Crippen LogP contribution in [0.4, 0.5) is 0 Å². The molecule has 0 atom stereocenters. The first-order valence-electron chi connectivity index (χ1n) is 4.79. The van der Waals surface area contributed by atoms with Crippen LogP contribution in [0.2, 0.25) is 0 Å². The first-order chi connectivity index (χ1) is 7.80. The van der Waals surface area contributed by atoms with Crippen molar-refractivity contribution < 1.29 is 64.6 Å². The van der Waals surface area contributed by atoms with E-state index in [1.807, 2.05) is 0 Å². The van der Waals surface area contributed by atoms with Crippen molar-refractivity contribution in [1.82, 2.24) is 5.32 Å². The summed E-state index contributed by atoms with van der Waals surface area (Å²) in [4.78, 5) is 11.3. The Bertz CT molecular complexity index is 538. The zero-order valence-electron chi connectivity index (χ0n) is 10.3. The molecule has 7 heteroatoms. The first kappa shape index (κ1) is 18.4. The number of carbonyl (C=O) groups is 1. The van der Waals surface area contributed by atoms with E-state index < -0.39 is 8.87 Å². The maximum atomic E-state index is 11.2. The van der Waals surface area contributed by atoms with Crippen LogP contribution in [-0.4, -0.2) is 14.3 Å². The Labute approximate surface area is 154 Å². The van der Waals surface area contributed by atoms with E-state index in [4.69, 9.17) is 0 Å². The summed E-state index contributed by atoms with van der Waals surface area (Å²) in [5.41, 5.74) is 1.22. The number of nitrogens with one attached hydrogen (secondary N) is 1. The van der Waals surface area contributed by atoms with E-state index >= 15 is 0 Å². The van der Waals surface area contributed by atoms with Crippen molar-refractivity contribution in [1.29, 1.82) is 0 Å². The maximum Gasteiger partial charge on any atom is 1.00 e. The number of rotatable bonds is 4. The fourth-order valence-electron chi connectivity index (χ4n) is 1.11. The van der Waals surface area contributed by atoms with Crippen molar-refractivity contribution in [2.45, 2.75) is 18.4 Å². The van der Waals surface area contributed by atoms with Crippen molar-refractivity contribution in [2.24, 2.45) is 0 Å². The smallest absolute Gasteiger partial charge is 0.644 e. The molecule has 0 saturated carbocycles. The summed E-state index contributed by atoms with van der Waals surface area (Å²) in [6, 6.07) is 6.06. The van der Waals surface area contributed by atoms with Gasteiger partial charge in [-0.3, -0.25) is 4.79 Å². The molecular formula is C11H12KNO3S2. The number of hydrogen-bond acceptors (Lipinski definition) is 4. The van der Waals surface area contributed by atoms with Gasteiger partial charge < -0.3 is 17.0 Å². The molecule has 0 fully saturated rings. The van der Waals surface area contributed by atoms with Gasteiger partial charge in [0.15, 0.2) is 0 Å². The molecule has 0 unspecified atom stereocenters. The molecule has 0 aliphatic rings. The van der Waals surface area contributed by atoms with Crippen LogP contribution in [0.25, 0.3) is 0 Å². The zero-order chi connectivity index (χ0) is 13.1. The van der Waals surface area contributed by atoms with E-state index in [2.05, 4.69) is 23.6 Å². The predicted molar refractivity (Wildman–Crippen MR) is 67.7 cm³/mol. The minimum Gasteiger partial charge on any atom is -0.644 e. The Hall–Kier alpha value is 0.366. The molecule has 0 radical (unpaired) electrons. The van der Waals surface area contributed by atoms with Gasteiger partial charge in [-0.05, 0) is 24.6 Å².